The molecule has 19 heavy (non-hydrogen) atoms. The Morgan fingerprint density at radius 1 is 1.37 bits per heavy atom. The number of hydrogen-bond acceptors (Lipinski definition) is 3. The molecule has 1 aromatic rings. The highest BCUT2D eigenvalue weighted by Gasteiger charge is 2.25. The van der Waals surface area contributed by atoms with Crippen molar-refractivity contribution in [1.29, 1.82) is 0 Å². The Morgan fingerprint density at radius 2 is 2.00 bits per heavy atom. The zero-order valence-corrected chi connectivity index (χ0v) is 11.2. The average molecular weight is 269 g/mol. The molecule has 0 saturated heterocycles. The van der Waals surface area contributed by atoms with E-state index in [0.29, 0.717) is 12.2 Å². The zero-order valence-electron chi connectivity index (χ0n) is 11.2. The summed E-state index contributed by atoms with van der Waals surface area (Å²) in [7, 11) is 0. The molecule has 0 fully saturated rings. The van der Waals surface area contributed by atoms with Crippen molar-refractivity contribution >= 4 is 11.7 Å². The fourth-order valence-electron chi connectivity index (χ4n) is 1.91. The molecule has 0 spiro atoms. The van der Waals surface area contributed by atoms with E-state index in [0.717, 1.165) is 18.9 Å². The molecule has 0 saturated carbocycles. The van der Waals surface area contributed by atoms with Gasteiger partial charge in [-0.15, -0.1) is 0 Å². The first-order valence-corrected chi connectivity index (χ1v) is 6.35. The molecule has 0 unspecified atom stereocenters. The molecule has 0 bridgehead atoms. The van der Waals surface area contributed by atoms with Gasteiger partial charge in [0.25, 0.3) is 0 Å². The first-order chi connectivity index (χ1) is 8.98. The Kier molecular flexibility index (Phi) is 5.30. The summed E-state index contributed by atoms with van der Waals surface area (Å²) in [6.45, 7) is 4.42. The van der Waals surface area contributed by atoms with Crippen LogP contribution in [-0.2, 0) is 0 Å². The van der Waals surface area contributed by atoms with E-state index in [1.807, 2.05) is 13.8 Å². The second-order valence-corrected chi connectivity index (χ2v) is 4.71. The van der Waals surface area contributed by atoms with E-state index in [-0.39, 0.29) is 17.6 Å². The molecule has 0 aliphatic rings. The Morgan fingerprint density at radius 3 is 2.47 bits per heavy atom. The quantitative estimate of drug-likeness (QED) is 0.712. The van der Waals surface area contributed by atoms with Crippen LogP contribution in [0.5, 0.6) is 0 Å². The highest BCUT2D eigenvalue weighted by molar-refractivity contribution is 5.94. The van der Waals surface area contributed by atoms with Crippen LogP contribution in [0.3, 0.4) is 0 Å². The third-order valence-electron chi connectivity index (χ3n) is 3.70. The van der Waals surface area contributed by atoms with Gasteiger partial charge in [-0.3, -0.25) is 0 Å². The van der Waals surface area contributed by atoms with Gasteiger partial charge in [-0.1, -0.05) is 13.8 Å². The number of hydrogen-bond donors (Lipinski definition) is 3. The molecule has 0 aromatic heterocycles. The summed E-state index contributed by atoms with van der Waals surface area (Å²) in [6.07, 6.45) is 1.55. The molecule has 0 aliphatic heterocycles. The van der Waals surface area contributed by atoms with E-state index in [9.17, 15) is 14.3 Å². The van der Waals surface area contributed by atoms with Gasteiger partial charge in [-0.2, -0.15) is 0 Å². The number of nitrogens with one attached hydrogen (secondary N) is 1. The van der Waals surface area contributed by atoms with Gasteiger partial charge in [0.05, 0.1) is 12.2 Å². The van der Waals surface area contributed by atoms with Crippen LogP contribution in [0, 0.1) is 11.2 Å². The number of aromatic carboxylic acids is 1. The van der Waals surface area contributed by atoms with E-state index < -0.39 is 11.8 Å². The highest BCUT2D eigenvalue weighted by atomic mass is 19.1. The molecule has 3 N–H and O–H groups in total. The van der Waals surface area contributed by atoms with E-state index in [2.05, 4.69) is 5.32 Å². The minimum atomic E-state index is -1.18. The molecule has 0 radical (unpaired) electrons. The predicted molar refractivity (Wildman–Crippen MR) is 71.9 cm³/mol. The molecule has 0 amide bonds. The molecule has 0 heterocycles. The van der Waals surface area contributed by atoms with Gasteiger partial charge < -0.3 is 15.5 Å². The van der Waals surface area contributed by atoms with Crippen molar-refractivity contribution in [3.63, 3.8) is 0 Å². The maximum absolute atomic E-state index is 13.0. The van der Waals surface area contributed by atoms with Gasteiger partial charge in [0.15, 0.2) is 0 Å². The summed E-state index contributed by atoms with van der Waals surface area (Å²) in [6, 6.07) is 3.61. The Hall–Kier alpha value is -1.62. The summed E-state index contributed by atoms with van der Waals surface area (Å²) >= 11 is 0. The lowest BCUT2D eigenvalue weighted by molar-refractivity contribution is 0.0697. The summed E-state index contributed by atoms with van der Waals surface area (Å²) in [5.74, 6) is -1.76. The van der Waals surface area contributed by atoms with Gasteiger partial charge in [0.1, 0.15) is 5.82 Å². The summed E-state index contributed by atoms with van der Waals surface area (Å²) in [5.41, 5.74) is -0.0165. The Bertz CT molecular complexity index is 436. The lowest BCUT2D eigenvalue weighted by Crippen LogP contribution is -2.32. The molecule has 0 atom stereocenters. The van der Waals surface area contributed by atoms with E-state index >= 15 is 0 Å². The molecule has 106 valence electrons. The van der Waals surface area contributed by atoms with Gasteiger partial charge in [0, 0.05) is 17.6 Å². The molecule has 1 aromatic carbocycles. The van der Waals surface area contributed by atoms with Crippen molar-refractivity contribution in [3.8, 4) is 0 Å². The zero-order chi connectivity index (χ0) is 14.5. The number of aliphatic hydroxyl groups is 1. The fourth-order valence-corrected chi connectivity index (χ4v) is 1.91. The van der Waals surface area contributed by atoms with Crippen LogP contribution >= 0.6 is 0 Å². The van der Waals surface area contributed by atoms with Crippen LogP contribution < -0.4 is 5.32 Å². The van der Waals surface area contributed by atoms with Gasteiger partial charge in [-0.25, -0.2) is 9.18 Å². The minimum Gasteiger partial charge on any atom is -0.478 e. The summed E-state index contributed by atoms with van der Waals surface area (Å²) in [4.78, 5) is 11.1. The first kappa shape index (κ1) is 15.4. The van der Waals surface area contributed by atoms with E-state index in [1.165, 1.54) is 12.1 Å². The van der Waals surface area contributed by atoms with Gasteiger partial charge >= 0.3 is 5.97 Å². The lowest BCUT2D eigenvalue weighted by Gasteiger charge is -2.30. The lowest BCUT2D eigenvalue weighted by atomic mass is 9.83. The van der Waals surface area contributed by atoms with Crippen molar-refractivity contribution in [2.75, 3.05) is 18.5 Å². The Labute approximate surface area is 112 Å². The largest absolute Gasteiger partial charge is 0.478 e. The minimum absolute atomic E-state index is 0.0244. The van der Waals surface area contributed by atoms with Crippen molar-refractivity contribution in [3.05, 3.63) is 29.6 Å². The number of anilines is 1. The smallest absolute Gasteiger partial charge is 0.337 e. The maximum Gasteiger partial charge on any atom is 0.337 e. The van der Waals surface area contributed by atoms with Crippen molar-refractivity contribution in [1.82, 2.24) is 0 Å². The van der Waals surface area contributed by atoms with Crippen LogP contribution in [0.1, 0.15) is 37.0 Å². The van der Waals surface area contributed by atoms with Crippen LogP contribution in [0.4, 0.5) is 10.1 Å². The number of carboxylic acid groups (broad SMARTS) is 1. The molecule has 4 nitrogen and oxygen atoms in total. The van der Waals surface area contributed by atoms with Crippen LogP contribution in [0.15, 0.2) is 18.2 Å². The number of carboxylic acids is 1. The third kappa shape index (κ3) is 3.67. The van der Waals surface area contributed by atoms with Crippen molar-refractivity contribution in [2.45, 2.75) is 26.7 Å². The predicted octanol–water partition coefficient (Wildman–Crippen LogP) is 2.73. The molecular formula is C14H20FNO3. The average Bonchev–Trinajstić information content (AvgIpc) is 2.42. The van der Waals surface area contributed by atoms with Crippen LogP contribution in [0.25, 0.3) is 0 Å². The van der Waals surface area contributed by atoms with E-state index in [1.54, 1.807) is 0 Å². The summed E-state index contributed by atoms with van der Waals surface area (Å²) in [5, 5.41) is 21.5. The number of carbonyl (C=O) groups is 1. The monoisotopic (exact) mass is 269 g/mol. The van der Waals surface area contributed by atoms with E-state index in [4.69, 9.17) is 5.11 Å². The fraction of sp³-hybridized carbons (Fsp3) is 0.500. The summed E-state index contributed by atoms with van der Waals surface area (Å²) < 4.78 is 13.0. The number of aliphatic hydroxyl groups excluding tert-OH is 1. The standard InChI is InChI=1S/C14H20FNO3/c1-3-14(4-2,9-17)8-16-12-6-5-10(15)7-11(12)13(18)19/h5-7,16-17H,3-4,8-9H2,1-2H3,(H,18,19). The number of rotatable bonds is 7. The van der Waals surface area contributed by atoms with Crippen LogP contribution in [0.2, 0.25) is 0 Å². The Balaban J connectivity index is 2.91. The van der Waals surface area contributed by atoms with Gasteiger partial charge in [-0.05, 0) is 31.0 Å². The van der Waals surface area contributed by atoms with Gasteiger partial charge in [0.2, 0.25) is 0 Å². The highest BCUT2D eigenvalue weighted by Crippen LogP contribution is 2.27. The SMILES string of the molecule is CCC(CC)(CO)CNc1ccc(F)cc1C(=O)O. The van der Waals surface area contributed by atoms with Crippen molar-refractivity contribution in [2.24, 2.45) is 5.41 Å². The molecule has 5 heteroatoms. The molecular weight excluding hydrogens is 249 g/mol. The van der Waals surface area contributed by atoms with Crippen LogP contribution in [-0.4, -0.2) is 29.3 Å². The van der Waals surface area contributed by atoms with Crippen molar-refractivity contribution < 1.29 is 19.4 Å². The first-order valence-electron chi connectivity index (χ1n) is 6.35. The molecule has 1 rings (SSSR count). The number of halogens is 1. The maximum atomic E-state index is 13.0. The normalized spacial score (nSPS) is 11.4. The third-order valence-corrected chi connectivity index (χ3v) is 3.70. The second kappa shape index (κ2) is 6.52. The second-order valence-electron chi connectivity index (χ2n) is 4.71. The number of benzene rings is 1. The molecule has 0 aliphatic carbocycles. The topological polar surface area (TPSA) is 69.6 Å².